The topological polar surface area (TPSA) is 54.3 Å². The van der Waals surface area contributed by atoms with E-state index in [-0.39, 0.29) is 5.91 Å². The van der Waals surface area contributed by atoms with E-state index >= 15 is 0 Å². The minimum atomic E-state index is -0.167. The molecule has 2 aromatic rings. The minimum Gasteiger partial charge on any atom is -0.472 e. The lowest BCUT2D eigenvalue weighted by atomic mass is 10.2. The highest BCUT2D eigenvalue weighted by molar-refractivity contribution is 6.03. The van der Waals surface area contributed by atoms with Gasteiger partial charge >= 0.3 is 0 Å². The first-order valence-corrected chi connectivity index (χ1v) is 5.36. The standard InChI is InChI=1S/C13H14N2O2/c1-14-8-10-2-4-12(5-3-10)15-13(16)11-6-7-17-9-11/h2-7,9,14H,8H2,1H3,(H,15,16). The molecule has 0 aliphatic heterocycles. The number of carbonyl (C=O) groups is 1. The Labute approximate surface area is 99.6 Å². The largest absolute Gasteiger partial charge is 0.472 e. The Balaban J connectivity index is 2.01. The highest BCUT2D eigenvalue weighted by Gasteiger charge is 2.06. The van der Waals surface area contributed by atoms with Crippen molar-refractivity contribution in [2.24, 2.45) is 0 Å². The predicted octanol–water partition coefficient (Wildman–Crippen LogP) is 2.25. The molecule has 1 amide bonds. The first-order valence-electron chi connectivity index (χ1n) is 5.36. The summed E-state index contributed by atoms with van der Waals surface area (Å²) in [6, 6.07) is 9.34. The summed E-state index contributed by atoms with van der Waals surface area (Å²) < 4.78 is 4.86. The van der Waals surface area contributed by atoms with E-state index in [9.17, 15) is 4.79 Å². The summed E-state index contributed by atoms with van der Waals surface area (Å²) in [5.74, 6) is -0.167. The van der Waals surface area contributed by atoms with Crippen molar-refractivity contribution in [1.29, 1.82) is 0 Å². The first-order chi connectivity index (χ1) is 8.29. The first kappa shape index (κ1) is 11.4. The van der Waals surface area contributed by atoms with Gasteiger partial charge in [0.1, 0.15) is 6.26 Å². The Morgan fingerprint density at radius 1 is 1.24 bits per heavy atom. The lowest BCUT2D eigenvalue weighted by Gasteiger charge is -2.05. The molecule has 0 saturated heterocycles. The third-order valence-electron chi connectivity index (χ3n) is 2.38. The molecule has 4 nitrogen and oxygen atoms in total. The zero-order chi connectivity index (χ0) is 12.1. The molecular weight excluding hydrogens is 216 g/mol. The van der Waals surface area contributed by atoms with E-state index in [1.165, 1.54) is 18.1 Å². The van der Waals surface area contributed by atoms with Crippen LogP contribution in [0, 0.1) is 0 Å². The average molecular weight is 230 g/mol. The van der Waals surface area contributed by atoms with Gasteiger partial charge in [-0.1, -0.05) is 12.1 Å². The quantitative estimate of drug-likeness (QED) is 0.847. The van der Waals surface area contributed by atoms with Crippen LogP contribution in [0.15, 0.2) is 47.3 Å². The van der Waals surface area contributed by atoms with E-state index in [2.05, 4.69) is 10.6 Å². The van der Waals surface area contributed by atoms with Crippen molar-refractivity contribution in [2.75, 3.05) is 12.4 Å². The SMILES string of the molecule is CNCc1ccc(NC(=O)c2ccoc2)cc1. The van der Waals surface area contributed by atoms with Gasteiger partial charge in [-0.3, -0.25) is 4.79 Å². The highest BCUT2D eigenvalue weighted by atomic mass is 16.3. The minimum absolute atomic E-state index is 0.167. The summed E-state index contributed by atoms with van der Waals surface area (Å²) in [5.41, 5.74) is 2.47. The van der Waals surface area contributed by atoms with Gasteiger partial charge in [-0.15, -0.1) is 0 Å². The molecule has 0 unspecified atom stereocenters. The van der Waals surface area contributed by atoms with Crippen LogP contribution in [0.2, 0.25) is 0 Å². The summed E-state index contributed by atoms with van der Waals surface area (Å²) >= 11 is 0. The van der Waals surface area contributed by atoms with Crippen molar-refractivity contribution < 1.29 is 9.21 Å². The van der Waals surface area contributed by atoms with Crippen molar-refractivity contribution in [3.05, 3.63) is 54.0 Å². The number of carbonyl (C=O) groups excluding carboxylic acids is 1. The van der Waals surface area contributed by atoms with Crippen molar-refractivity contribution >= 4 is 11.6 Å². The van der Waals surface area contributed by atoms with E-state index in [1.54, 1.807) is 6.07 Å². The van der Waals surface area contributed by atoms with Gasteiger partial charge < -0.3 is 15.1 Å². The van der Waals surface area contributed by atoms with E-state index < -0.39 is 0 Å². The molecule has 0 spiro atoms. The second-order valence-corrected chi connectivity index (χ2v) is 3.69. The Bertz CT molecular complexity index is 475. The van der Waals surface area contributed by atoms with Crippen LogP contribution in [0.3, 0.4) is 0 Å². The van der Waals surface area contributed by atoms with Crippen LogP contribution in [0.25, 0.3) is 0 Å². The van der Waals surface area contributed by atoms with Crippen molar-refractivity contribution in [3.8, 4) is 0 Å². The third-order valence-corrected chi connectivity index (χ3v) is 2.38. The molecule has 17 heavy (non-hydrogen) atoms. The third kappa shape index (κ3) is 2.95. The number of rotatable bonds is 4. The fraction of sp³-hybridized carbons (Fsp3) is 0.154. The number of furan rings is 1. The van der Waals surface area contributed by atoms with E-state index in [0.29, 0.717) is 5.56 Å². The lowest BCUT2D eigenvalue weighted by Crippen LogP contribution is -2.11. The van der Waals surface area contributed by atoms with Crippen LogP contribution in [-0.2, 0) is 6.54 Å². The number of anilines is 1. The Morgan fingerprint density at radius 2 is 2.00 bits per heavy atom. The van der Waals surface area contributed by atoms with Crippen molar-refractivity contribution in [1.82, 2.24) is 5.32 Å². The van der Waals surface area contributed by atoms with Crippen LogP contribution in [0.4, 0.5) is 5.69 Å². The number of nitrogens with one attached hydrogen (secondary N) is 2. The maximum absolute atomic E-state index is 11.7. The molecule has 0 aliphatic rings. The van der Waals surface area contributed by atoms with E-state index in [1.807, 2.05) is 31.3 Å². The highest BCUT2D eigenvalue weighted by Crippen LogP contribution is 2.11. The van der Waals surface area contributed by atoms with Crippen LogP contribution >= 0.6 is 0 Å². The number of hydrogen-bond donors (Lipinski definition) is 2. The number of hydrogen-bond acceptors (Lipinski definition) is 3. The maximum Gasteiger partial charge on any atom is 0.258 e. The summed E-state index contributed by atoms with van der Waals surface area (Å²) in [6.45, 7) is 0.815. The molecule has 2 rings (SSSR count). The summed E-state index contributed by atoms with van der Waals surface area (Å²) in [5, 5.41) is 5.86. The monoisotopic (exact) mass is 230 g/mol. The molecular formula is C13H14N2O2. The molecule has 2 N–H and O–H groups in total. The second-order valence-electron chi connectivity index (χ2n) is 3.69. The molecule has 1 aromatic heterocycles. The van der Waals surface area contributed by atoms with Gasteiger partial charge in [-0.25, -0.2) is 0 Å². The summed E-state index contributed by atoms with van der Waals surface area (Å²) in [7, 11) is 1.90. The molecule has 0 fully saturated rings. The molecule has 0 saturated carbocycles. The van der Waals surface area contributed by atoms with Gasteiger partial charge in [0, 0.05) is 12.2 Å². The van der Waals surface area contributed by atoms with Gasteiger partial charge in [-0.2, -0.15) is 0 Å². The van der Waals surface area contributed by atoms with Crippen molar-refractivity contribution in [2.45, 2.75) is 6.54 Å². The van der Waals surface area contributed by atoms with Gasteiger partial charge in [0.15, 0.2) is 0 Å². The molecule has 1 heterocycles. The molecule has 88 valence electrons. The fourth-order valence-electron chi connectivity index (χ4n) is 1.51. The molecule has 4 heteroatoms. The maximum atomic E-state index is 11.7. The predicted molar refractivity (Wildman–Crippen MR) is 65.9 cm³/mol. The number of benzene rings is 1. The van der Waals surface area contributed by atoms with Gasteiger partial charge in [0.25, 0.3) is 5.91 Å². The fourth-order valence-corrected chi connectivity index (χ4v) is 1.51. The Kier molecular flexibility index (Phi) is 3.57. The number of amides is 1. The zero-order valence-corrected chi connectivity index (χ0v) is 9.57. The van der Waals surface area contributed by atoms with Crippen LogP contribution in [0.1, 0.15) is 15.9 Å². The smallest absolute Gasteiger partial charge is 0.258 e. The van der Waals surface area contributed by atoms with Crippen LogP contribution in [0.5, 0.6) is 0 Å². The Hall–Kier alpha value is -2.07. The zero-order valence-electron chi connectivity index (χ0n) is 9.57. The van der Waals surface area contributed by atoms with Crippen molar-refractivity contribution in [3.63, 3.8) is 0 Å². The van der Waals surface area contributed by atoms with Gasteiger partial charge in [0.2, 0.25) is 0 Å². The van der Waals surface area contributed by atoms with Crippen LogP contribution < -0.4 is 10.6 Å². The summed E-state index contributed by atoms with van der Waals surface area (Å²) in [4.78, 5) is 11.7. The normalized spacial score (nSPS) is 10.2. The molecule has 0 radical (unpaired) electrons. The van der Waals surface area contributed by atoms with Gasteiger partial charge in [0.05, 0.1) is 11.8 Å². The van der Waals surface area contributed by atoms with Gasteiger partial charge in [-0.05, 0) is 30.8 Å². The molecule has 1 aromatic carbocycles. The Morgan fingerprint density at radius 3 is 2.59 bits per heavy atom. The average Bonchev–Trinajstić information content (AvgIpc) is 2.86. The molecule has 0 atom stereocenters. The molecule has 0 aliphatic carbocycles. The molecule has 0 bridgehead atoms. The second kappa shape index (κ2) is 5.32. The van der Waals surface area contributed by atoms with E-state index in [4.69, 9.17) is 4.42 Å². The lowest BCUT2D eigenvalue weighted by molar-refractivity contribution is 0.102. The van der Waals surface area contributed by atoms with Crippen LogP contribution in [-0.4, -0.2) is 13.0 Å². The van der Waals surface area contributed by atoms with E-state index in [0.717, 1.165) is 12.2 Å². The summed E-state index contributed by atoms with van der Waals surface area (Å²) in [6.07, 6.45) is 2.90.